The first-order valence-corrected chi connectivity index (χ1v) is 6.43. The van der Waals surface area contributed by atoms with Crippen molar-refractivity contribution < 1.29 is 19.1 Å². The van der Waals surface area contributed by atoms with Crippen molar-refractivity contribution in [2.75, 3.05) is 33.4 Å². The number of aliphatic hydroxyl groups is 1. The average Bonchev–Trinajstić information content (AvgIpc) is 3.09. The van der Waals surface area contributed by atoms with Crippen LogP contribution in [0.5, 0.6) is 0 Å². The van der Waals surface area contributed by atoms with E-state index in [0.717, 1.165) is 6.42 Å². The summed E-state index contributed by atoms with van der Waals surface area (Å²) in [6.45, 7) is 1.76. The molecule has 1 aliphatic heterocycles. The largest absolute Gasteiger partial charge is 0.467 e. The molecule has 1 aliphatic rings. The van der Waals surface area contributed by atoms with Crippen LogP contribution < -0.4 is 5.32 Å². The number of nitrogens with zero attached hydrogens (tertiary/aromatic N) is 1. The fraction of sp³-hybridized carbons (Fsp3) is 0.615. The smallest absolute Gasteiger partial charge is 0.318 e. The van der Waals surface area contributed by atoms with E-state index in [1.54, 1.807) is 24.3 Å². The van der Waals surface area contributed by atoms with Crippen molar-refractivity contribution in [1.29, 1.82) is 0 Å². The SMILES string of the molecule is COCC(NC(=O)N1CCC(CO)C1)c1ccco1. The lowest BCUT2D eigenvalue weighted by molar-refractivity contribution is 0.148. The molecule has 0 aliphatic carbocycles. The van der Waals surface area contributed by atoms with Crippen LogP contribution in [-0.4, -0.2) is 49.5 Å². The quantitative estimate of drug-likeness (QED) is 0.835. The van der Waals surface area contributed by atoms with Crippen molar-refractivity contribution in [2.24, 2.45) is 5.92 Å². The molecule has 2 heterocycles. The highest BCUT2D eigenvalue weighted by atomic mass is 16.5. The zero-order valence-electron chi connectivity index (χ0n) is 11.0. The molecule has 2 atom stereocenters. The van der Waals surface area contributed by atoms with Gasteiger partial charge in [-0.15, -0.1) is 0 Å². The molecule has 6 nitrogen and oxygen atoms in total. The molecule has 2 N–H and O–H groups in total. The highest BCUT2D eigenvalue weighted by Crippen LogP contribution is 2.18. The maximum atomic E-state index is 12.1. The van der Waals surface area contributed by atoms with Crippen LogP contribution in [0, 0.1) is 5.92 Å². The van der Waals surface area contributed by atoms with Gasteiger partial charge in [0.05, 0.1) is 12.9 Å². The Morgan fingerprint density at radius 1 is 1.74 bits per heavy atom. The molecular weight excluding hydrogens is 248 g/mol. The van der Waals surface area contributed by atoms with Crippen LogP contribution in [0.2, 0.25) is 0 Å². The Hall–Kier alpha value is -1.53. The number of hydrogen-bond donors (Lipinski definition) is 2. The van der Waals surface area contributed by atoms with Crippen LogP contribution in [0.25, 0.3) is 0 Å². The highest BCUT2D eigenvalue weighted by molar-refractivity contribution is 5.75. The molecule has 1 fully saturated rings. The Morgan fingerprint density at radius 2 is 2.58 bits per heavy atom. The van der Waals surface area contributed by atoms with E-state index in [1.165, 1.54) is 0 Å². The molecule has 6 heteroatoms. The van der Waals surface area contributed by atoms with E-state index < -0.39 is 0 Å². The van der Waals surface area contributed by atoms with Gasteiger partial charge >= 0.3 is 6.03 Å². The number of hydrogen-bond acceptors (Lipinski definition) is 4. The minimum absolute atomic E-state index is 0.128. The normalized spacial score (nSPS) is 20.5. The first-order chi connectivity index (χ1) is 9.24. The van der Waals surface area contributed by atoms with E-state index in [0.29, 0.717) is 25.5 Å². The molecule has 19 heavy (non-hydrogen) atoms. The van der Waals surface area contributed by atoms with Gasteiger partial charge in [0.1, 0.15) is 11.8 Å². The van der Waals surface area contributed by atoms with Crippen molar-refractivity contribution in [2.45, 2.75) is 12.5 Å². The molecule has 0 saturated carbocycles. The average molecular weight is 268 g/mol. The number of likely N-dealkylation sites (tertiary alicyclic amines) is 1. The van der Waals surface area contributed by atoms with Crippen LogP contribution in [0.15, 0.2) is 22.8 Å². The minimum Gasteiger partial charge on any atom is -0.467 e. The number of methoxy groups -OCH3 is 1. The molecule has 1 aromatic heterocycles. The fourth-order valence-corrected chi connectivity index (χ4v) is 2.26. The second kappa shape index (κ2) is 6.58. The van der Waals surface area contributed by atoms with Crippen LogP contribution in [-0.2, 0) is 4.74 Å². The van der Waals surface area contributed by atoms with E-state index in [-0.39, 0.29) is 24.6 Å². The van der Waals surface area contributed by atoms with E-state index in [1.807, 2.05) is 6.07 Å². The molecule has 0 bridgehead atoms. The number of carbonyl (C=O) groups is 1. The van der Waals surface area contributed by atoms with Crippen molar-refractivity contribution in [3.8, 4) is 0 Å². The zero-order valence-corrected chi connectivity index (χ0v) is 11.0. The van der Waals surface area contributed by atoms with Crippen molar-refractivity contribution in [3.05, 3.63) is 24.2 Å². The third-order valence-corrected chi connectivity index (χ3v) is 3.35. The van der Waals surface area contributed by atoms with Gasteiger partial charge in [-0.25, -0.2) is 4.79 Å². The number of ether oxygens (including phenoxy) is 1. The topological polar surface area (TPSA) is 74.9 Å². The summed E-state index contributed by atoms with van der Waals surface area (Å²) in [4.78, 5) is 13.8. The number of aliphatic hydroxyl groups excluding tert-OH is 1. The van der Waals surface area contributed by atoms with Gasteiger partial charge in [-0.3, -0.25) is 0 Å². The Morgan fingerprint density at radius 3 is 3.16 bits per heavy atom. The molecule has 0 aromatic carbocycles. The molecule has 0 spiro atoms. The lowest BCUT2D eigenvalue weighted by atomic mass is 10.1. The standard InChI is InChI=1S/C13H20N2O4/c1-18-9-11(12-3-2-6-19-12)14-13(17)15-5-4-10(7-15)8-16/h2-3,6,10-11,16H,4-5,7-9H2,1H3,(H,14,17). The Bertz CT molecular complexity index is 393. The van der Waals surface area contributed by atoms with Gasteiger partial charge in [-0.05, 0) is 18.6 Å². The number of carbonyl (C=O) groups excluding carboxylic acids is 1. The summed E-state index contributed by atoms with van der Waals surface area (Å²) in [6.07, 6.45) is 2.42. The lowest BCUT2D eigenvalue weighted by Crippen LogP contribution is -2.41. The third-order valence-electron chi connectivity index (χ3n) is 3.35. The first kappa shape index (κ1) is 13.9. The lowest BCUT2D eigenvalue weighted by Gasteiger charge is -2.21. The zero-order chi connectivity index (χ0) is 13.7. The predicted molar refractivity (Wildman–Crippen MR) is 68.6 cm³/mol. The number of nitrogens with one attached hydrogen (secondary N) is 1. The Kier molecular flexibility index (Phi) is 4.81. The van der Waals surface area contributed by atoms with Crippen LogP contribution in [0.3, 0.4) is 0 Å². The third kappa shape index (κ3) is 3.48. The van der Waals surface area contributed by atoms with Crippen LogP contribution >= 0.6 is 0 Å². The van der Waals surface area contributed by atoms with E-state index in [9.17, 15) is 4.79 Å². The Balaban J connectivity index is 1.92. The molecule has 1 aromatic rings. The number of urea groups is 1. The van der Waals surface area contributed by atoms with Crippen LogP contribution in [0.1, 0.15) is 18.2 Å². The summed E-state index contributed by atoms with van der Waals surface area (Å²) in [5, 5.41) is 12.0. The summed E-state index contributed by atoms with van der Waals surface area (Å²) in [5.41, 5.74) is 0. The molecular formula is C13H20N2O4. The second-order valence-electron chi connectivity index (χ2n) is 4.76. The monoisotopic (exact) mass is 268 g/mol. The van der Waals surface area contributed by atoms with Crippen molar-refractivity contribution in [1.82, 2.24) is 10.2 Å². The van der Waals surface area contributed by atoms with Gasteiger partial charge in [0.15, 0.2) is 0 Å². The summed E-state index contributed by atoms with van der Waals surface area (Å²) in [7, 11) is 1.58. The maximum Gasteiger partial charge on any atom is 0.318 e. The summed E-state index contributed by atoms with van der Waals surface area (Å²) in [5.74, 6) is 0.864. The molecule has 2 unspecified atom stereocenters. The highest BCUT2D eigenvalue weighted by Gasteiger charge is 2.27. The minimum atomic E-state index is -0.291. The maximum absolute atomic E-state index is 12.1. The molecule has 1 saturated heterocycles. The van der Waals surface area contributed by atoms with E-state index in [4.69, 9.17) is 14.3 Å². The van der Waals surface area contributed by atoms with Gasteiger partial charge < -0.3 is 24.5 Å². The van der Waals surface area contributed by atoms with E-state index in [2.05, 4.69) is 5.32 Å². The van der Waals surface area contributed by atoms with Gasteiger partial charge in [-0.2, -0.15) is 0 Å². The fourth-order valence-electron chi connectivity index (χ4n) is 2.26. The summed E-state index contributed by atoms with van der Waals surface area (Å²) >= 11 is 0. The predicted octanol–water partition coefficient (Wildman–Crippen LogP) is 0.991. The van der Waals surface area contributed by atoms with Gasteiger partial charge in [0.25, 0.3) is 0 Å². The molecule has 0 radical (unpaired) electrons. The van der Waals surface area contributed by atoms with Gasteiger partial charge in [0.2, 0.25) is 0 Å². The number of furan rings is 1. The molecule has 2 rings (SSSR count). The summed E-state index contributed by atoms with van der Waals surface area (Å²) in [6, 6.07) is 3.15. The Labute approximate surface area is 112 Å². The van der Waals surface area contributed by atoms with Crippen molar-refractivity contribution in [3.63, 3.8) is 0 Å². The van der Waals surface area contributed by atoms with Crippen LogP contribution in [0.4, 0.5) is 4.79 Å². The van der Waals surface area contributed by atoms with E-state index >= 15 is 0 Å². The van der Waals surface area contributed by atoms with Gasteiger partial charge in [-0.1, -0.05) is 0 Å². The number of amides is 2. The molecule has 106 valence electrons. The number of rotatable bonds is 5. The molecule has 2 amide bonds. The second-order valence-corrected chi connectivity index (χ2v) is 4.76. The van der Waals surface area contributed by atoms with Gasteiger partial charge in [0, 0.05) is 32.7 Å². The van der Waals surface area contributed by atoms with Crippen molar-refractivity contribution >= 4 is 6.03 Å². The first-order valence-electron chi connectivity index (χ1n) is 6.43. The summed E-state index contributed by atoms with van der Waals surface area (Å²) < 4.78 is 10.4.